The Morgan fingerprint density at radius 2 is 1.87 bits per heavy atom. The van der Waals surface area contributed by atoms with Crippen LogP contribution in [-0.4, -0.2) is 11.4 Å². The highest BCUT2D eigenvalue weighted by Gasteiger charge is 2.35. The summed E-state index contributed by atoms with van der Waals surface area (Å²) in [5, 5.41) is 1.62. The number of rotatable bonds is 1. The lowest BCUT2D eigenvalue weighted by molar-refractivity contribution is -0.117. The van der Waals surface area contributed by atoms with Gasteiger partial charge in [-0.15, -0.1) is 17.0 Å². The predicted molar refractivity (Wildman–Crippen MR) is 66.1 cm³/mol. The first kappa shape index (κ1) is 12.2. The predicted octanol–water partition coefficient (Wildman–Crippen LogP) is 2.28. The van der Waals surface area contributed by atoms with E-state index in [1.165, 1.54) is 0 Å². The Morgan fingerprint density at radius 1 is 1.27 bits per heavy atom. The fourth-order valence-corrected chi connectivity index (χ4v) is 1.65. The molecule has 0 bridgehead atoms. The second kappa shape index (κ2) is 4.33. The molecule has 0 spiro atoms. The zero-order valence-electron chi connectivity index (χ0n) is 8.86. The number of benzene rings is 1. The van der Waals surface area contributed by atoms with E-state index >= 15 is 0 Å². The van der Waals surface area contributed by atoms with Gasteiger partial charge in [-0.3, -0.25) is 4.79 Å². The van der Waals surface area contributed by atoms with Crippen molar-refractivity contribution < 1.29 is 4.79 Å². The molecule has 0 unspecified atom stereocenters. The summed E-state index contributed by atoms with van der Waals surface area (Å²) >= 11 is 0. The lowest BCUT2D eigenvalue weighted by atomic mass is 10.0. The molecule has 1 heterocycles. The normalized spacial score (nSPS) is 18.8. The second-order valence-corrected chi connectivity index (χ2v) is 4.24. The van der Waals surface area contributed by atoms with Gasteiger partial charge in [-0.2, -0.15) is 0 Å². The fraction of sp³-hybridized carbons (Fsp3) is 0.364. The molecular weight excluding hydrogens is 256 g/mol. The number of para-hydroxylation sites is 1. The molecule has 1 aromatic rings. The average Bonchev–Trinajstić information content (AvgIpc) is 2.41. The molecule has 1 amide bonds. The molecular formula is C11H15BrN2O. The molecule has 1 N–H and O–H groups in total. The van der Waals surface area contributed by atoms with Crippen molar-refractivity contribution in [3.05, 3.63) is 30.3 Å². The van der Waals surface area contributed by atoms with Crippen LogP contribution in [0, 0.1) is 0 Å². The van der Waals surface area contributed by atoms with E-state index in [0.29, 0.717) is 6.42 Å². The Bertz CT molecular complexity index is 351. The third-order valence-electron chi connectivity index (χ3n) is 2.27. The van der Waals surface area contributed by atoms with Crippen molar-refractivity contribution in [3.8, 4) is 0 Å². The van der Waals surface area contributed by atoms with Gasteiger partial charge in [-0.25, -0.2) is 10.4 Å². The van der Waals surface area contributed by atoms with E-state index in [1.54, 1.807) is 5.01 Å². The van der Waals surface area contributed by atoms with Crippen LogP contribution in [0.5, 0.6) is 0 Å². The summed E-state index contributed by atoms with van der Waals surface area (Å²) in [5.74, 6) is 0.126. The van der Waals surface area contributed by atoms with Crippen molar-refractivity contribution in [1.82, 2.24) is 5.43 Å². The molecule has 82 valence electrons. The third-order valence-corrected chi connectivity index (χ3v) is 2.27. The van der Waals surface area contributed by atoms with E-state index in [0.717, 1.165) is 5.69 Å². The molecule has 0 atom stereocenters. The van der Waals surface area contributed by atoms with Crippen LogP contribution in [0.3, 0.4) is 0 Å². The Balaban J connectivity index is 0.00000112. The zero-order chi connectivity index (χ0) is 10.2. The van der Waals surface area contributed by atoms with Crippen LogP contribution in [0.25, 0.3) is 0 Å². The second-order valence-electron chi connectivity index (χ2n) is 4.24. The largest absolute Gasteiger partial charge is 0.273 e. The summed E-state index contributed by atoms with van der Waals surface area (Å²) in [6.07, 6.45) is 0.544. The molecule has 0 aliphatic carbocycles. The topological polar surface area (TPSA) is 32.3 Å². The van der Waals surface area contributed by atoms with Crippen LogP contribution < -0.4 is 10.4 Å². The molecule has 1 fully saturated rings. The highest BCUT2D eigenvalue weighted by atomic mass is 79.9. The maximum Gasteiger partial charge on any atom is 0.243 e. The highest BCUT2D eigenvalue weighted by molar-refractivity contribution is 8.93. The van der Waals surface area contributed by atoms with Crippen LogP contribution >= 0.6 is 17.0 Å². The molecule has 1 aliphatic rings. The summed E-state index contributed by atoms with van der Waals surface area (Å²) in [5.41, 5.74) is 3.95. The third kappa shape index (κ3) is 2.58. The van der Waals surface area contributed by atoms with Crippen LogP contribution in [0.4, 0.5) is 5.69 Å². The first-order valence-corrected chi connectivity index (χ1v) is 4.74. The van der Waals surface area contributed by atoms with Crippen molar-refractivity contribution in [3.63, 3.8) is 0 Å². The average molecular weight is 271 g/mol. The molecule has 1 aliphatic heterocycles. The maximum atomic E-state index is 11.7. The van der Waals surface area contributed by atoms with Crippen molar-refractivity contribution in [2.45, 2.75) is 25.8 Å². The quantitative estimate of drug-likeness (QED) is 0.850. The molecule has 15 heavy (non-hydrogen) atoms. The monoisotopic (exact) mass is 270 g/mol. The summed E-state index contributed by atoms with van der Waals surface area (Å²) in [6.45, 7) is 4.04. The van der Waals surface area contributed by atoms with Gasteiger partial charge in [0.15, 0.2) is 0 Å². The van der Waals surface area contributed by atoms with Crippen LogP contribution in [-0.2, 0) is 4.79 Å². The summed E-state index contributed by atoms with van der Waals surface area (Å²) in [4.78, 5) is 11.7. The fourth-order valence-electron chi connectivity index (χ4n) is 1.65. The molecule has 3 nitrogen and oxygen atoms in total. The van der Waals surface area contributed by atoms with Gasteiger partial charge in [-0.1, -0.05) is 18.2 Å². The number of carbonyl (C=O) groups is 1. The standard InChI is InChI=1S/C11H14N2O.BrH/c1-11(2)8-10(14)13(12-11)9-6-4-3-5-7-9;/h3-7,12H,8H2,1-2H3;1H. The van der Waals surface area contributed by atoms with Crippen molar-refractivity contribution in [1.29, 1.82) is 0 Å². The summed E-state index contributed by atoms with van der Waals surface area (Å²) in [6, 6.07) is 9.64. The van der Waals surface area contributed by atoms with E-state index < -0.39 is 0 Å². The summed E-state index contributed by atoms with van der Waals surface area (Å²) < 4.78 is 0. The number of hydrogen-bond donors (Lipinski definition) is 1. The minimum absolute atomic E-state index is 0. The number of anilines is 1. The Morgan fingerprint density at radius 3 is 2.33 bits per heavy atom. The first-order valence-electron chi connectivity index (χ1n) is 4.74. The molecule has 0 aromatic heterocycles. The molecule has 1 saturated heterocycles. The smallest absolute Gasteiger partial charge is 0.243 e. The SMILES string of the molecule is Br.CC1(C)CC(=O)N(c2ccccc2)N1. The molecule has 0 saturated carbocycles. The number of hydrazine groups is 1. The lowest BCUT2D eigenvalue weighted by Crippen LogP contribution is -2.42. The summed E-state index contributed by atoms with van der Waals surface area (Å²) in [7, 11) is 0. The zero-order valence-corrected chi connectivity index (χ0v) is 10.6. The number of nitrogens with zero attached hydrogens (tertiary/aromatic N) is 1. The minimum atomic E-state index is -0.132. The molecule has 0 radical (unpaired) electrons. The first-order chi connectivity index (χ1) is 6.58. The molecule has 4 heteroatoms. The molecule has 2 rings (SSSR count). The van der Waals surface area contributed by atoms with Gasteiger partial charge in [0.05, 0.1) is 5.69 Å². The van der Waals surface area contributed by atoms with E-state index in [-0.39, 0.29) is 28.4 Å². The van der Waals surface area contributed by atoms with E-state index in [9.17, 15) is 4.79 Å². The van der Waals surface area contributed by atoms with Crippen LogP contribution in [0.15, 0.2) is 30.3 Å². The van der Waals surface area contributed by atoms with Gasteiger partial charge in [0.2, 0.25) is 5.91 Å². The Hall–Kier alpha value is -0.870. The van der Waals surface area contributed by atoms with Crippen LogP contribution in [0.1, 0.15) is 20.3 Å². The van der Waals surface area contributed by atoms with E-state index in [1.807, 2.05) is 44.2 Å². The number of carbonyl (C=O) groups excluding carboxylic acids is 1. The van der Waals surface area contributed by atoms with Gasteiger partial charge < -0.3 is 0 Å². The Labute approximate surface area is 100 Å². The van der Waals surface area contributed by atoms with Gasteiger partial charge in [0.25, 0.3) is 0 Å². The number of hydrogen-bond acceptors (Lipinski definition) is 2. The number of nitrogens with one attached hydrogen (secondary N) is 1. The highest BCUT2D eigenvalue weighted by Crippen LogP contribution is 2.23. The Kier molecular flexibility index (Phi) is 3.52. The van der Waals surface area contributed by atoms with Gasteiger partial charge in [0.1, 0.15) is 0 Å². The molecule has 1 aromatic carbocycles. The van der Waals surface area contributed by atoms with Crippen molar-refractivity contribution in [2.24, 2.45) is 0 Å². The number of halogens is 1. The van der Waals surface area contributed by atoms with Crippen LogP contribution in [0.2, 0.25) is 0 Å². The maximum absolute atomic E-state index is 11.7. The van der Waals surface area contributed by atoms with E-state index in [2.05, 4.69) is 5.43 Å². The van der Waals surface area contributed by atoms with Crippen molar-refractivity contribution in [2.75, 3.05) is 5.01 Å². The lowest BCUT2D eigenvalue weighted by Gasteiger charge is -2.21. The van der Waals surface area contributed by atoms with Crippen molar-refractivity contribution >= 4 is 28.6 Å². The van der Waals surface area contributed by atoms with E-state index in [4.69, 9.17) is 0 Å². The number of amides is 1. The van der Waals surface area contributed by atoms with Gasteiger partial charge >= 0.3 is 0 Å². The van der Waals surface area contributed by atoms with Gasteiger partial charge in [0, 0.05) is 12.0 Å². The van der Waals surface area contributed by atoms with Gasteiger partial charge in [-0.05, 0) is 26.0 Å². The minimum Gasteiger partial charge on any atom is -0.273 e.